The number of hydrogen-bond donors (Lipinski definition) is 1. The molecule has 0 bridgehead atoms. The molecule has 2 aromatic heterocycles. The first-order valence-electron chi connectivity index (χ1n) is 9.66. The van der Waals surface area contributed by atoms with E-state index in [1.54, 1.807) is 11.3 Å². The normalized spacial score (nSPS) is 15.6. The van der Waals surface area contributed by atoms with Crippen molar-refractivity contribution in [2.24, 2.45) is 5.92 Å². The second-order valence-electron chi connectivity index (χ2n) is 7.29. The van der Waals surface area contributed by atoms with Gasteiger partial charge < -0.3 is 10.2 Å². The topological polar surface area (TPSA) is 50.2 Å². The molecule has 3 heterocycles. The maximum absolute atomic E-state index is 13.0. The van der Waals surface area contributed by atoms with Crippen molar-refractivity contribution in [2.75, 3.05) is 26.7 Å². The predicted octanol–water partition coefficient (Wildman–Crippen LogP) is 3.86. The molecule has 1 aromatic carbocycles. The molecule has 1 aliphatic rings. The number of carbonyl (C=O) groups excluding carboxylic acids is 1. The largest absolute Gasteiger partial charge is 0.338 e. The highest BCUT2D eigenvalue weighted by molar-refractivity contribution is 7.20. The third-order valence-corrected chi connectivity index (χ3v) is 6.56. The van der Waals surface area contributed by atoms with Crippen LogP contribution in [0.1, 0.15) is 34.6 Å². The fraction of sp³-hybridized carbons (Fsp3) is 0.429. The first-order chi connectivity index (χ1) is 13.2. The van der Waals surface area contributed by atoms with Crippen molar-refractivity contribution >= 4 is 27.5 Å². The SMILES string of the molecule is CNCCC1CCN(C(=O)c2cc3c(C)nn(-c4ccccc4)c3s2)CC1. The van der Waals surface area contributed by atoms with Crippen LogP contribution >= 0.6 is 11.3 Å². The Kier molecular flexibility index (Phi) is 5.27. The van der Waals surface area contributed by atoms with E-state index in [0.29, 0.717) is 0 Å². The van der Waals surface area contributed by atoms with Crippen molar-refractivity contribution in [1.82, 2.24) is 20.0 Å². The number of nitrogens with zero attached hydrogens (tertiary/aromatic N) is 3. The first-order valence-corrected chi connectivity index (χ1v) is 10.5. The zero-order valence-electron chi connectivity index (χ0n) is 15.9. The lowest BCUT2D eigenvalue weighted by molar-refractivity contribution is 0.0692. The summed E-state index contributed by atoms with van der Waals surface area (Å²) in [6, 6.07) is 12.1. The smallest absolute Gasteiger partial charge is 0.264 e. The number of hydrogen-bond acceptors (Lipinski definition) is 4. The molecular formula is C21H26N4OS. The molecule has 1 N–H and O–H groups in total. The standard InChI is InChI=1S/C21H26N4OS/c1-15-18-14-19(20(26)24-12-9-16(10-13-24)8-11-22-2)27-21(18)25(23-15)17-6-4-3-5-7-17/h3-7,14,16,22H,8-13H2,1-2H3. The van der Waals surface area contributed by atoms with Crippen LogP contribution in [0.25, 0.3) is 15.9 Å². The zero-order chi connectivity index (χ0) is 18.8. The van der Waals surface area contributed by atoms with Gasteiger partial charge in [0.05, 0.1) is 16.3 Å². The molecule has 0 radical (unpaired) electrons. The monoisotopic (exact) mass is 382 g/mol. The molecule has 6 heteroatoms. The molecule has 1 aliphatic heterocycles. The maximum Gasteiger partial charge on any atom is 0.264 e. The van der Waals surface area contributed by atoms with Crippen LogP contribution in [0.5, 0.6) is 0 Å². The Hall–Kier alpha value is -2.18. The van der Waals surface area contributed by atoms with Gasteiger partial charge in [-0.1, -0.05) is 18.2 Å². The summed E-state index contributed by atoms with van der Waals surface area (Å²) >= 11 is 1.56. The van der Waals surface area contributed by atoms with Gasteiger partial charge in [-0.25, -0.2) is 4.68 Å². The molecule has 1 saturated heterocycles. The summed E-state index contributed by atoms with van der Waals surface area (Å²) in [4.78, 5) is 16.9. The van der Waals surface area contributed by atoms with Gasteiger partial charge in [-0.3, -0.25) is 4.79 Å². The van der Waals surface area contributed by atoms with E-state index < -0.39 is 0 Å². The average molecular weight is 383 g/mol. The number of nitrogens with one attached hydrogen (secondary N) is 1. The van der Waals surface area contributed by atoms with Gasteiger partial charge in [-0.05, 0) is 63.9 Å². The molecule has 1 fully saturated rings. The van der Waals surface area contributed by atoms with Gasteiger partial charge in [0.15, 0.2) is 0 Å². The molecule has 4 rings (SSSR count). The summed E-state index contributed by atoms with van der Waals surface area (Å²) < 4.78 is 1.95. The van der Waals surface area contributed by atoms with E-state index >= 15 is 0 Å². The third kappa shape index (κ3) is 3.64. The highest BCUT2D eigenvalue weighted by atomic mass is 32.1. The van der Waals surface area contributed by atoms with E-state index in [0.717, 1.165) is 64.9 Å². The Balaban J connectivity index is 1.54. The molecule has 0 saturated carbocycles. The molecule has 0 atom stereocenters. The lowest BCUT2D eigenvalue weighted by Gasteiger charge is -2.31. The van der Waals surface area contributed by atoms with E-state index in [1.165, 1.54) is 6.42 Å². The number of amides is 1. The number of aromatic nitrogens is 2. The lowest BCUT2D eigenvalue weighted by Crippen LogP contribution is -2.38. The van der Waals surface area contributed by atoms with Crippen LogP contribution in [0.4, 0.5) is 0 Å². The Morgan fingerprint density at radius 2 is 2.00 bits per heavy atom. The Labute approximate surface area is 164 Å². The molecule has 142 valence electrons. The molecule has 0 aliphatic carbocycles. The highest BCUT2D eigenvalue weighted by Crippen LogP contribution is 2.32. The van der Waals surface area contributed by atoms with E-state index in [1.807, 2.05) is 60.0 Å². The predicted molar refractivity (Wildman–Crippen MR) is 111 cm³/mol. The van der Waals surface area contributed by atoms with Gasteiger partial charge in [-0.15, -0.1) is 11.3 Å². The van der Waals surface area contributed by atoms with Crippen molar-refractivity contribution in [1.29, 1.82) is 0 Å². The summed E-state index contributed by atoms with van der Waals surface area (Å²) in [5.74, 6) is 0.903. The van der Waals surface area contributed by atoms with Crippen molar-refractivity contribution in [3.05, 3.63) is 47.0 Å². The molecule has 1 amide bonds. The molecule has 5 nitrogen and oxygen atoms in total. The Morgan fingerprint density at radius 3 is 2.70 bits per heavy atom. The Bertz CT molecular complexity index is 922. The number of para-hydroxylation sites is 1. The number of rotatable bonds is 5. The number of likely N-dealkylation sites (tertiary alicyclic amines) is 1. The maximum atomic E-state index is 13.0. The minimum absolute atomic E-state index is 0.169. The summed E-state index contributed by atoms with van der Waals surface area (Å²) in [5, 5.41) is 8.97. The van der Waals surface area contributed by atoms with Crippen molar-refractivity contribution in [2.45, 2.75) is 26.2 Å². The van der Waals surface area contributed by atoms with Crippen LogP contribution in [0.2, 0.25) is 0 Å². The lowest BCUT2D eigenvalue weighted by atomic mass is 9.93. The number of piperidine rings is 1. The first kappa shape index (κ1) is 18.2. The number of carbonyl (C=O) groups is 1. The highest BCUT2D eigenvalue weighted by Gasteiger charge is 2.25. The summed E-state index contributed by atoms with van der Waals surface area (Å²) in [7, 11) is 2.00. The van der Waals surface area contributed by atoms with E-state index in [-0.39, 0.29) is 5.91 Å². The quantitative estimate of drug-likeness (QED) is 0.729. The molecule has 3 aromatic rings. The van der Waals surface area contributed by atoms with Gasteiger partial charge in [0.1, 0.15) is 4.83 Å². The number of aryl methyl sites for hydroxylation is 1. The van der Waals surface area contributed by atoms with Crippen LogP contribution in [-0.4, -0.2) is 47.3 Å². The third-order valence-electron chi connectivity index (χ3n) is 5.46. The second-order valence-corrected chi connectivity index (χ2v) is 8.32. The van der Waals surface area contributed by atoms with Gasteiger partial charge in [0, 0.05) is 18.5 Å². The zero-order valence-corrected chi connectivity index (χ0v) is 16.8. The molecule has 27 heavy (non-hydrogen) atoms. The molecule has 0 unspecified atom stereocenters. The fourth-order valence-electron chi connectivity index (χ4n) is 3.83. The van der Waals surface area contributed by atoms with Crippen LogP contribution in [0, 0.1) is 12.8 Å². The number of thiophene rings is 1. The Morgan fingerprint density at radius 1 is 1.26 bits per heavy atom. The summed E-state index contributed by atoms with van der Waals surface area (Å²) in [5.41, 5.74) is 2.00. The summed E-state index contributed by atoms with van der Waals surface area (Å²) in [6.45, 7) is 4.80. The fourth-order valence-corrected chi connectivity index (χ4v) is 4.98. The van der Waals surface area contributed by atoms with E-state index in [9.17, 15) is 4.79 Å². The van der Waals surface area contributed by atoms with Crippen LogP contribution in [0.3, 0.4) is 0 Å². The van der Waals surface area contributed by atoms with Crippen molar-refractivity contribution in [3.63, 3.8) is 0 Å². The van der Waals surface area contributed by atoms with Crippen LogP contribution in [-0.2, 0) is 0 Å². The van der Waals surface area contributed by atoms with E-state index in [4.69, 9.17) is 0 Å². The van der Waals surface area contributed by atoms with Gasteiger partial charge in [-0.2, -0.15) is 5.10 Å². The van der Waals surface area contributed by atoms with Gasteiger partial charge in [0.25, 0.3) is 5.91 Å². The number of benzene rings is 1. The molecule has 0 spiro atoms. The van der Waals surface area contributed by atoms with E-state index in [2.05, 4.69) is 10.4 Å². The molecular weight excluding hydrogens is 356 g/mol. The minimum atomic E-state index is 0.169. The van der Waals surface area contributed by atoms with Crippen molar-refractivity contribution < 1.29 is 4.79 Å². The average Bonchev–Trinajstić information content (AvgIpc) is 3.27. The van der Waals surface area contributed by atoms with Gasteiger partial charge >= 0.3 is 0 Å². The number of fused-ring (bicyclic) bond motifs is 1. The van der Waals surface area contributed by atoms with Crippen molar-refractivity contribution in [3.8, 4) is 5.69 Å². The second kappa shape index (κ2) is 7.82. The summed E-state index contributed by atoms with van der Waals surface area (Å²) in [6.07, 6.45) is 3.41. The van der Waals surface area contributed by atoms with Crippen LogP contribution in [0.15, 0.2) is 36.4 Å². The minimum Gasteiger partial charge on any atom is -0.338 e. The van der Waals surface area contributed by atoms with Crippen LogP contribution < -0.4 is 5.32 Å². The van der Waals surface area contributed by atoms with Gasteiger partial charge in [0.2, 0.25) is 0 Å².